The first-order valence-electron chi connectivity index (χ1n) is 3.78. The molecule has 0 saturated heterocycles. The largest absolute Gasteiger partial charge is 0.244 e. The number of nitrogens with zero attached hydrogens (tertiary/aromatic N) is 1. The topological polar surface area (TPSA) is 12.9 Å². The summed E-state index contributed by atoms with van der Waals surface area (Å²) >= 11 is 5.76. The first kappa shape index (κ1) is 9.09. The van der Waals surface area contributed by atoms with Crippen molar-refractivity contribution in [1.29, 1.82) is 0 Å². The molecule has 0 fully saturated rings. The summed E-state index contributed by atoms with van der Waals surface area (Å²) in [5.74, 6) is 2.59. The van der Waals surface area contributed by atoms with Gasteiger partial charge in [-0.1, -0.05) is 17.7 Å². The third kappa shape index (κ3) is 2.25. The highest BCUT2D eigenvalue weighted by atomic mass is 35.5. The van der Waals surface area contributed by atoms with Crippen LogP contribution in [0.4, 0.5) is 0 Å². The second-order valence-electron chi connectivity index (χ2n) is 2.66. The van der Waals surface area contributed by atoms with E-state index >= 15 is 0 Å². The molecule has 62 valence electrons. The Morgan fingerprint density at radius 2 is 2.42 bits per heavy atom. The minimum atomic E-state index is 0.569. The summed E-state index contributed by atoms with van der Waals surface area (Å²) in [6, 6.07) is 2.02. The fraction of sp³-hybridized carbons (Fsp3) is 0.300. The molecule has 0 aliphatic carbocycles. The van der Waals surface area contributed by atoms with Crippen molar-refractivity contribution in [2.45, 2.75) is 19.8 Å². The van der Waals surface area contributed by atoms with Crippen LogP contribution in [0.2, 0.25) is 5.15 Å². The van der Waals surface area contributed by atoms with Gasteiger partial charge in [-0.15, -0.1) is 12.3 Å². The zero-order valence-electron chi connectivity index (χ0n) is 6.97. The van der Waals surface area contributed by atoms with E-state index in [0.29, 0.717) is 5.15 Å². The van der Waals surface area contributed by atoms with Crippen LogP contribution < -0.4 is 0 Å². The predicted octanol–water partition coefficient (Wildman–Crippen LogP) is 2.61. The van der Waals surface area contributed by atoms with Gasteiger partial charge in [0.2, 0.25) is 0 Å². The lowest BCUT2D eigenvalue weighted by Crippen LogP contribution is -1.88. The molecule has 0 radical (unpaired) electrons. The number of hydrogen-bond donors (Lipinski definition) is 0. The Hall–Kier alpha value is -1.00. The van der Waals surface area contributed by atoms with Crippen LogP contribution in [0.25, 0.3) is 0 Å². The zero-order chi connectivity index (χ0) is 8.97. The molecule has 1 nitrogen and oxygen atoms in total. The van der Waals surface area contributed by atoms with Gasteiger partial charge in [0.15, 0.2) is 0 Å². The summed E-state index contributed by atoms with van der Waals surface area (Å²) in [5.41, 5.74) is 2.15. The summed E-state index contributed by atoms with van der Waals surface area (Å²) < 4.78 is 0. The number of halogens is 1. The molecule has 0 saturated carbocycles. The van der Waals surface area contributed by atoms with Crippen molar-refractivity contribution in [2.75, 3.05) is 0 Å². The van der Waals surface area contributed by atoms with E-state index in [2.05, 4.69) is 10.9 Å². The van der Waals surface area contributed by atoms with Crippen LogP contribution in [0.5, 0.6) is 0 Å². The maximum Gasteiger partial charge on any atom is 0.131 e. The number of aromatic nitrogens is 1. The lowest BCUT2D eigenvalue weighted by Gasteiger charge is -2.00. The number of rotatable bonds is 2. The van der Waals surface area contributed by atoms with Crippen molar-refractivity contribution in [1.82, 2.24) is 4.98 Å². The molecule has 0 amide bonds. The van der Waals surface area contributed by atoms with Gasteiger partial charge in [0, 0.05) is 12.6 Å². The van der Waals surface area contributed by atoms with Crippen LogP contribution in [-0.2, 0) is 6.42 Å². The number of terminal acetylenes is 1. The van der Waals surface area contributed by atoms with Crippen molar-refractivity contribution < 1.29 is 0 Å². The van der Waals surface area contributed by atoms with Crippen LogP contribution in [0.3, 0.4) is 0 Å². The van der Waals surface area contributed by atoms with Gasteiger partial charge in [0.05, 0.1) is 0 Å². The van der Waals surface area contributed by atoms with Crippen LogP contribution in [0, 0.1) is 19.3 Å². The highest BCUT2D eigenvalue weighted by Gasteiger charge is 1.97. The van der Waals surface area contributed by atoms with Crippen LogP contribution in [0.15, 0.2) is 12.3 Å². The smallest absolute Gasteiger partial charge is 0.131 e. The van der Waals surface area contributed by atoms with E-state index in [1.54, 1.807) is 6.20 Å². The molecule has 1 rings (SSSR count). The van der Waals surface area contributed by atoms with E-state index in [1.807, 2.05) is 13.0 Å². The number of aryl methyl sites for hydroxylation is 2. The van der Waals surface area contributed by atoms with Crippen molar-refractivity contribution in [3.63, 3.8) is 0 Å². The van der Waals surface area contributed by atoms with Gasteiger partial charge in [-0.2, -0.15) is 0 Å². The highest BCUT2D eigenvalue weighted by molar-refractivity contribution is 6.30. The second kappa shape index (κ2) is 4.13. The molecule has 0 unspecified atom stereocenters. The van der Waals surface area contributed by atoms with E-state index < -0.39 is 0 Å². The third-order valence-electron chi connectivity index (χ3n) is 1.63. The standard InChI is InChI=1S/C10H10ClN/c1-3-4-5-9-6-8(2)10(11)12-7-9/h1,6-7H,4-5H2,2H3. The lowest BCUT2D eigenvalue weighted by molar-refractivity contribution is 1.01. The molecule has 0 spiro atoms. The average molecular weight is 180 g/mol. The molecule has 12 heavy (non-hydrogen) atoms. The van der Waals surface area contributed by atoms with E-state index in [0.717, 1.165) is 24.0 Å². The molecule has 2 heteroatoms. The van der Waals surface area contributed by atoms with E-state index in [1.165, 1.54) is 0 Å². The van der Waals surface area contributed by atoms with Gasteiger partial charge >= 0.3 is 0 Å². The van der Waals surface area contributed by atoms with E-state index in [9.17, 15) is 0 Å². The van der Waals surface area contributed by atoms with Gasteiger partial charge in [-0.05, 0) is 24.5 Å². The third-order valence-corrected chi connectivity index (χ3v) is 2.02. The van der Waals surface area contributed by atoms with Crippen molar-refractivity contribution in [3.05, 3.63) is 28.5 Å². The summed E-state index contributed by atoms with van der Waals surface area (Å²) in [4.78, 5) is 4.03. The second-order valence-corrected chi connectivity index (χ2v) is 3.01. The maximum atomic E-state index is 5.76. The molecule has 0 N–H and O–H groups in total. The Morgan fingerprint density at radius 1 is 1.67 bits per heavy atom. The Morgan fingerprint density at radius 3 is 3.00 bits per heavy atom. The minimum Gasteiger partial charge on any atom is -0.244 e. The molecule has 0 atom stereocenters. The van der Waals surface area contributed by atoms with Crippen LogP contribution >= 0.6 is 11.6 Å². The molecule has 0 aromatic carbocycles. The molecular formula is C10H10ClN. The van der Waals surface area contributed by atoms with Crippen LogP contribution in [0.1, 0.15) is 17.5 Å². The van der Waals surface area contributed by atoms with Gasteiger partial charge < -0.3 is 0 Å². The molecule has 1 aromatic heterocycles. The molecular weight excluding hydrogens is 170 g/mol. The lowest BCUT2D eigenvalue weighted by atomic mass is 10.1. The zero-order valence-corrected chi connectivity index (χ0v) is 7.73. The minimum absolute atomic E-state index is 0.569. The fourth-order valence-corrected chi connectivity index (χ4v) is 1.07. The summed E-state index contributed by atoms with van der Waals surface area (Å²) in [7, 11) is 0. The van der Waals surface area contributed by atoms with E-state index in [4.69, 9.17) is 18.0 Å². The Labute approximate surface area is 77.8 Å². The average Bonchev–Trinajstić information content (AvgIpc) is 2.07. The maximum absolute atomic E-state index is 5.76. The molecule has 0 aliphatic heterocycles. The van der Waals surface area contributed by atoms with E-state index in [-0.39, 0.29) is 0 Å². The first-order valence-corrected chi connectivity index (χ1v) is 4.16. The number of pyridine rings is 1. The summed E-state index contributed by atoms with van der Waals surface area (Å²) in [5, 5.41) is 0.569. The van der Waals surface area contributed by atoms with Crippen molar-refractivity contribution >= 4 is 11.6 Å². The molecule has 1 aromatic rings. The molecule has 1 heterocycles. The first-order chi connectivity index (χ1) is 5.74. The van der Waals surface area contributed by atoms with Crippen molar-refractivity contribution in [2.24, 2.45) is 0 Å². The van der Waals surface area contributed by atoms with Gasteiger partial charge in [-0.25, -0.2) is 4.98 Å². The number of hydrogen-bond acceptors (Lipinski definition) is 1. The Balaban J connectivity index is 2.77. The SMILES string of the molecule is C#CCCc1cnc(Cl)c(C)c1. The highest BCUT2D eigenvalue weighted by Crippen LogP contribution is 2.13. The molecule has 0 aliphatic rings. The van der Waals surface area contributed by atoms with Gasteiger partial charge in [-0.3, -0.25) is 0 Å². The normalized spacial score (nSPS) is 9.42. The van der Waals surface area contributed by atoms with Crippen molar-refractivity contribution in [3.8, 4) is 12.3 Å². The Kier molecular flexibility index (Phi) is 3.13. The monoisotopic (exact) mass is 179 g/mol. The quantitative estimate of drug-likeness (QED) is 0.503. The van der Waals surface area contributed by atoms with Gasteiger partial charge in [0.25, 0.3) is 0 Å². The summed E-state index contributed by atoms with van der Waals surface area (Å²) in [6.45, 7) is 1.94. The fourth-order valence-electron chi connectivity index (χ4n) is 0.970. The Bertz CT molecular complexity index is 312. The summed E-state index contributed by atoms with van der Waals surface area (Å²) in [6.07, 6.45) is 8.55. The predicted molar refractivity (Wildman–Crippen MR) is 51.1 cm³/mol. The van der Waals surface area contributed by atoms with Crippen LogP contribution in [-0.4, -0.2) is 4.98 Å². The molecule has 0 bridgehead atoms. The van der Waals surface area contributed by atoms with Gasteiger partial charge in [0.1, 0.15) is 5.15 Å².